The van der Waals surface area contributed by atoms with E-state index in [2.05, 4.69) is 17.1 Å². The lowest BCUT2D eigenvalue weighted by atomic mass is 10.0. The van der Waals surface area contributed by atoms with Gasteiger partial charge in [-0.15, -0.1) is 0 Å². The van der Waals surface area contributed by atoms with Crippen molar-refractivity contribution in [2.24, 2.45) is 11.7 Å². The summed E-state index contributed by atoms with van der Waals surface area (Å²) in [6, 6.07) is 0. The van der Waals surface area contributed by atoms with E-state index in [1.165, 1.54) is 6.42 Å². The van der Waals surface area contributed by atoms with Gasteiger partial charge in [-0.25, -0.2) is 0 Å². The number of rotatable bonds is 3. The predicted molar refractivity (Wildman–Crippen MR) is 52.8 cm³/mol. The number of nitrogens with two attached hydrogens (primary N) is 1. The molecule has 78 valence electrons. The Morgan fingerprint density at radius 1 is 1.57 bits per heavy atom. The van der Waals surface area contributed by atoms with E-state index in [9.17, 15) is 0 Å². The zero-order valence-electron chi connectivity index (χ0n) is 8.95. The topological polar surface area (TPSA) is 64.9 Å². The maximum atomic E-state index is 5.87. The van der Waals surface area contributed by atoms with Crippen molar-refractivity contribution in [1.82, 2.24) is 10.1 Å². The van der Waals surface area contributed by atoms with Crippen molar-refractivity contribution >= 4 is 0 Å². The molecule has 2 unspecified atom stereocenters. The molecular formula is C10H17N3O. The van der Waals surface area contributed by atoms with Crippen LogP contribution in [0.3, 0.4) is 0 Å². The summed E-state index contributed by atoms with van der Waals surface area (Å²) in [5, 5.41) is 3.97. The molecule has 1 heterocycles. The minimum Gasteiger partial charge on any atom is -0.339 e. The number of hydrogen-bond acceptors (Lipinski definition) is 4. The summed E-state index contributed by atoms with van der Waals surface area (Å²) in [6.45, 7) is 6.11. The monoisotopic (exact) mass is 195 g/mol. The van der Waals surface area contributed by atoms with Crippen molar-refractivity contribution < 1.29 is 4.52 Å². The molecule has 4 nitrogen and oxygen atoms in total. The van der Waals surface area contributed by atoms with E-state index < -0.39 is 0 Å². The lowest BCUT2D eigenvalue weighted by Gasteiger charge is -2.14. The van der Waals surface area contributed by atoms with Crippen molar-refractivity contribution in [3.63, 3.8) is 0 Å². The highest BCUT2D eigenvalue weighted by Gasteiger charge is 2.38. The summed E-state index contributed by atoms with van der Waals surface area (Å²) < 4.78 is 5.15. The third-order valence-corrected chi connectivity index (χ3v) is 2.53. The van der Waals surface area contributed by atoms with Crippen LogP contribution < -0.4 is 5.73 Å². The molecule has 2 N–H and O–H groups in total. The van der Waals surface area contributed by atoms with Gasteiger partial charge in [0.15, 0.2) is 5.82 Å². The van der Waals surface area contributed by atoms with Gasteiger partial charge in [-0.2, -0.15) is 4.98 Å². The summed E-state index contributed by atoms with van der Waals surface area (Å²) in [6.07, 6.45) is 1.83. The fraction of sp³-hybridized carbons (Fsp3) is 0.800. The maximum absolute atomic E-state index is 5.87. The molecule has 0 radical (unpaired) electrons. The molecule has 0 aliphatic heterocycles. The van der Waals surface area contributed by atoms with Crippen molar-refractivity contribution in [3.05, 3.63) is 11.7 Å². The standard InChI is InChI=1S/C10H17N3O/c1-6-4-7(6)9-12-8(14-13-9)5-10(2,3)11/h6-7H,4-5,11H2,1-3H3. The SMILES string of the molecule is CC1CC1c1noc(CC(C)(C)N)n1. The van der Waals surface area contributed by atoms with E-state index in [1.807, 2.05) is 13.8 Å². The first-order valence-corrected chi connectivity index (χ1v) is 5.07. The van der Waals surface area contributed by atoms with E-state index in [1.54, 1.807) is 0 Å². The van der Waals surface area contributed by atoms with E-state index in [4.69, 9.17) is 10.3 Å². The van der Waals surface area contributed by atoms with Crippen LogP contribution >= 0.6 is 0 Å². The van der Waals surface area contributed by atoms with Gasteiger partial charge in [0.1, 0.15) is 0 Å². The average Bonchev–Trinajstić information content (AvgIpc) is 2.58. The first kappa shape index (κ1) is 9.65. The fourth-order valence-electron chi connectivity index (χ4n) is 1.56. The molecule has 0 bridgehead atoms. The minimum atomic E-state index is -0.279. The highest BCUT2D eigenvalue weighted by molar-refractivity contribution is 5.08. The third kappa shape index (κ3) is 2.12. The Labute approximate surface area is 83.9 Å². The molecule has 0 saturated heterocycles. The number of hydrogen-bond donors (Lipinski definition) is 1. The van der Waals surface area contributed by atoms with Crippen LogP contribution in [-0.4, -0.2) is 15.7 Å². The predicted octanol–water partition coefficient (Wildman–Crippen LogP) is 1.47. The highest BCUT2D eigenvalue weighted by atomic mass is 16.5. The quantitative estimate of drug-likeness (QED) is 0.793. The molecule has 2 rings (SSSR count). The minimum absolute atomic E-state index is 0.279. The van der Waals surface area contributed by atoms with Crippen LogP contribution in [0.4, 0.5) is 0 Å². The Bertz CT molecular complexity index is 326. The average molecular weight is 195 g/mol. The summed E-state index contributed by atoms with van der Waals surface area (Å²) in [5.41, 5.74) is 5.59. The van der Waals surface area contributed by atoms with Gasteiger partial charge in [0.25, 0.3) is 0 Å². The van der Waals surface area contributed by atoms with Crippen molar-refractivity contribution in [1.29, 1.82) is 0 Å². The lowest BCUT2D eigenvalue weighted by Crippen LogP contribution is -2.34. The normalized spacial score (nSPS) is 26.6. The number of aromatic nitrogens is 2. The van der Waals surface area contributed by atoms with Gasteiger partial charge in [-0.3, -0.25) is 0 Å². The molecule has 0 amide bonds. The van der Waals surface area contributed by atoms with Crippen LogP contribution in [0, 0.1) is 5.92 Å². The molecule has 0 spiro atoms. The Hall–Kier alpha value is -0.900. The Kier molecular flexibility index (Phi) is 2.10. The molecule has 1 aromatic rings. The van der Waals surface area contributed by atoms with Gasteiger partial charge in [0.2, 0.25) is 5.89 Å². The fourth-order valence-corrected chi connectivity index (χ4v) is 1.56. The van der Waals surface area contributed by atoms with E-state index >= 15 is 0 Å². The third-order valence-electron chi connectivity index (χ3n) is 2.53. The second-order valence-electron chi connectivity index (χ2n) is 5.03. The first-order chi connectivity index (χ1) is 6.46. The van der Waals surface area contributed by atoms with Crippen molar-refractivity contribution in [2.75, 3.05) is 0 Å². The summed E-state index contributed by atoms with van der Waals surface area (Å²) in [5.74, 6) is 2.75. The van der Waals surface area contributed by atoms with Gasteiger partial charge >= 0.3 is 0 Å². The van der Waals surface area contributed by atoms with E-state index in [-0.39, 0.29) is 5.54 Å². The number of nitrogens with zero attached hydrogens (tertiary/aromatic N) is 2. The molecule has 4 heteroatoms. The molecular weight excluding hydrogens is 178 g/mol. The summed E-state index contributed by atoms with van der Waals surface area (Å²) >= 11 is 0. The van der Waals surface area contributed by atoms with Gasteiger partial charge in [-0.05, 0) is 26.2 Å². The largest absolute Gasteiger partial charge is 0.339 e. The smallest absolute Gasteiger partial charge is 0.228 e. The summed E-state index contributed by atoms with van der Waals surface area (Å²) in [7, 11) is 0. The zero-order valence-corrected chi connectivity index (χ0v) is 8.95. The van der Waals surface area contributed by atoms with E-state index in [0.29, 0.717) is 24.1 Å². The van der Waals surface area contributed by atoms with Crippen LogP contribution in [0.25, 0.3) is 0 Å². The van der Waals surface area contributed by atoms with Crippen molar-refractivity contribution in [3.8, 4) is 0 Å². The Morgan fingerprint density at radius 3 is 2.71 bits per heavy atom. The molecule has 14 heavy (non-hydrogen) atoms. The molecule has 1 aromatic heterocycles. The molecule has 1 aliphatic carbocycles. The lowest BCUT2D eigenvalue weighted by molar-refractivity contribution is 0.344. The van der Waals surface area contributed by atoms with Gasteiger partial charge in [0.05, 0.1) is 0 Å². The van der Waals surface area contributed by atoms with Crippen LogP contribution in [0.15, 0.2) is 4.52 Å². The molecule has 1 fully saturated rings. The van der Waals surface area contributed by atoms with Gasteiger partial charge in [0, 0.05) is 17.9 Å². The van der Waals surface area contributed by atoms with Crippen molar-refractivity contribution in [2.45, 2.75) is 45.1 Å². The highest BCUT2D eigenvalue weighted by Crippen LogP contribution is 2.45. The Balaban J connectivity index is 2.03. The summed E-state index contributed by atoms with van der Waals surface area (Å²) in [4.78, 5) is 4.35. The molecule has 2 atom stereocenters. The van der Waals surface area contributed by atoms with Crippen LogP contribution in [0.2, 0.25) is 0 Å². The van der Waals surface area contributed by atoms with Gasteiger partial charge in [-0.1, -0.05) is 12.1 Å². The maximum Gasteiger partial charge on any atom is 0.228 e. The Morgan fingerprint density at radius 2 is 2.21 bits per heavy atom. The van der Waals surface area contributed by atoms with Crippen LogP contribution in [-0.2, 0) is 6.42 Å². The van der Waals surface area contributed by atoms with Crippen LogP contribution in [0.5, 0.6) is 0 Å². The van der Waals surface area contributed by atoms with E-state index in [0.717, 1.165) is 5.82 Å². The molecule has 1 saturated carbocycles. The molecule has 1 aliphatic rings. The van der Waals surface area contributed by atoms with Gasteiger partial charge < -0.3 is 10.3 Å². The second kappa shape index (κ2) is 3.05. The zero-order chi connectivity index (χ0) is 10.3. The van der Waals surface area contributed by atoms with Crippen LogP contribution in [0.1, 0.15) is 44.8 Å². The second-order valence-corrected chi connectivity index (χ2v) is 5.03. The molecule has 0 aromatic carbocycles. The first-order valence-electron chi connectivity index (χ1n) is 5.07.